The van der Waals surface area contributed by atoms with E-state index in [1.165, 1.54) is 24.5 Å². The summed E-state index contributed by atoms with van der Waals surface area (Å²) in [6, 6.07) is 20.2. The minimum absolute atomic E-state index is 0.0823. The maximum Gasteiger partial charge on any atom is 0.266 e. The van der Waals surface area contributed by atoms with Crippen LogP contribution in [-0.2, 0) is 4.79 Å². The van der Waals surface area contributed by atoms with Crippen LogP contribution in [0, 0.1) is 11.3 Å². The molecule has 0 aliphatic rings. The van der Waals surface area contributed by atoms with Gasteiger partial charge in [-0.3, -0.25) is 4.79 Å². The monoisotopic (exact) mass is 401 g/mol. The van der Waals surface area contributed by atoms with Crippen LogP contribution in [-0.4, -0.2) is 18.0 Å². The van der Waals surface area contributed by atoms with Crippen molar-refractivity contribution in [1.82, 2.24) is 4.98 Å². The molecule has 6 nitrogen and oxygen atoms in total. The first kappa shape index (κ1) is 18.5. The van der Waals surface area contributed by atoms with E-state index in [0.29, 0.717) is 23.0 Å². The second-order valence-corrected chi connectivity index (χ2v) is 7.04. The number of para-hydroxylation sites is 3. The van der Waals surface area contributed by atoms with Gasteiger partial charge < -0.3 is 14.5 Å². The molecule has 0 saturated carbocycles. The molecule has 0 unspecified atom stereocenters. The molecule has 2 aromatic carbocycles. The van der Waals surface area contributed by atoms with Crippen molar-refractivity contribution in [2.24, 2.45) is 0 Å². The van der Waals surface area contributed by atoms with Gasteiger partial charge in [0.15, 0.2) is 10.8 Å². The lowest BCUT2D eigenvalue weighted by Gasteiger charge is -2.08. The van der Waals surface area contributed by atoms with Crippen LogP contribution in [0.15, 0.2) is 70.7 Å². The molecule has 0 spiro atoms. The number of thiazole rings is 1. The van der Waals surface area contributed by atoms with Crippen molar-refractivity contribution < 1.29 is 13.9 Å². The van der Waals surface area contributed by atoms with Gasteiger partial charge in [-0.15, -0.1) is 11.3 Å². The number of nitriles is 1. The van der Waals surface area contributed by atoms with E-state index in [-0.39, 0.29) is 5.57 Å². The Balaban J connectivity index is 1.57. The Hall–Kier alpha value is -3.89. The average molecular weight is 401 g/mol. The molecule has 2 aromatic heterocycles. The number of carbonyl (C=O) groups excluding carboxylic acids is 1. The van der Waals surface area contributed by atoms with Crippen molar-refractivity contribution in [2.45, 2.75) is 0 Å². The second kappa shape index (κ2) is 8.00. The minimum Gasteiger partial charge on any atom is -0.495 e. The summed E-state index contributed by atoms with van der Waals surface area (Å²) in [7, 11) is 1.51. The zero-order chi connectivity index (χ0) is 20.2. The number of carbonyl (C=O) groups is 1. The first-order valence-electron chi connectivity index (χ1n) is 8.70. The summed E-state index contributed by atoms with van der Waals surface area (Å²) in [5.74, 6) is 0.940. The van der Waals surface area contributed by atoms with E-state index in [4.69, 9.17) is 9.15 Å². The summed E-state index contributed by atoms with van der Waals surface area (Å²) < 4.78 is 12.1. The van der Waals surface area contributed by atoms with Gasteiger partial charge in [0.25, 0.3) is 5.91 Å². The number of anilines is 1. The van der Waals surface area contributed by atoms with E-state index < -0.39 is 5.91 Å². The Kier molecular flexibility index (Phi) is 5.10. The number of ether oxygens (including phenoxy) is 1. The number of hydrogen-bond donors (Lipinski definition) is 1. The molecule has 4 rings (SSSR count). The van der Waals surface area contributed by atoms with E-state index in [2.05, 4.69) is 10.3 Å². The molecule has 1 amide bonds. The molecule has 0 saturated heterocycles. The molecule has 2 heterocycles. The summed E-state index contributed by atoms with van der Waals surface area (Å²) in [6.07, 6.45) is 1.40. The van der Waals surface area contributed by atoms with Gasteiger partial charge in [-0.05, 0) is 36.4 Å². The zero-order valence-corrected chi connectivity index (χ0v) is 16.2. The molecule has 0 aliphatic carbocycles. The first-order chi connectivity index (χ1) is 14.2. The smallest absolute Gasteiger partial charge is 0.266 e. The van der Waals surface area contributed by atoms with Crippen molar-refractivity contribution in [3.05, 3.63) is 72.0 Å². The van der Waals surface area contributed by atoms with E-state index in [1.54, 1.807) is 36.4 Å². The Morgan fingerprint density at radius 1 is 1.17 bits per heavy atom. The van der Waals surface area contributed by atoms with E-state index >= 15 is 0 Å². The lowest BCUT2D eigenvalue weighted by atomic mass is 10.2. The van der Waals surface area contributed by atoms with Crippen molar-refractivity contribution in [1.29, 1.82) is 5.26 Å². The van der Waals surface area contributed by atoms with Gasteiger partial charge in [0.2, 0.25) is 0 Å². The number of rotatable bonds is 5. The number of nitrogens with zero attached hydrogens (tertiary/aromatic N) is 2. The Morgan fingerprint density at radius 2 is 1.97 bits per heavy atom. The quantitative estimate of drug-likeness (QED) is 0.371. The Labute approximate surface area is 170 Å². The number of methoxy groups -OCH3 is 1. The number of nitrogens with one attached hydrogen (secondary N) is 1. The number of amides is 1. The summed E-state index contributed by atoms with van der Waals surface area (Å²) in [6.45, 7) is 0. The van der Waals surface area contributed by atoms with Gasteiger partial charge in [0.05, 0.1) is 23.0 Å². The van der Waals surface area contributed by atoms with Crippen LogP contribution in [0.5, 0.6) is 5.75 Å². The van der Waals surface area contributed by atoms with E-state index in [9.17, 15) is 10.1 Å². The third-order valence-corrected chi connectivity index (χ3v) is 5.19. The number of aromatic nitrogens is 1. The highest BCUT2D eigenvalue weighted by molar-refractivity contribution is 7.21. The van der Waals surface area contributed by atoms with Gasteiger partial charge in [0.1, 0.15) is 23.2 Å². The first-order valence-corrected chi connectivity index (χ1v) is 9.51. The fraction of sp³-hybridized carbons (Fsp3) is 0.0455. The zero-order valence-electron chi connectivity index (χ0n) is 15.4. The highest BCUT2D eigenvalue weighted by Crippen LogP contribution is 2.31. The Bertz CT molecular complexity index is 1230. The highest BCUT2D eigenvalue weighted by atomic mass is 32.1. The van der Waals surface area contributed by atoms with Crippen LogP contribution in [0.25, 0.3) is 27.1 Å². The molecule has 0 radical (unpaired) electrons. The molecule has 29 heavy (non-hydrogen) atoms. The molecular formula is C22H15N3O3S. The standard InChI is InChI=1S/C22H15N3O3S/c1-27-18-8-4-2-6-16(18)24-21(26)14(13-23)12-15-10-11-19(28-15)22-25-17-7-3-5-9-20(17)29-22/h2-12H,1H3,(H,24,26). The normalized spacial score (nSPS) is 11.2. The summed E-state index contributed by atoms with van der Waals surface area (Å²) in [5.41, 5.74) is 1.30. The molecule has 142 valence electrons. The van der Waals surface area contributed by atoms with Crippen molar-refractivity contribution in [3.8, 4) is 22.6 Å². The number of fused-ring (bicyclic) bond motifs is 1. The number of furan rings is 1. The third kappa shape index (κ3) is 3.88. The van der Waals surface area contributed by atoms with Gasteiger partial charge in [-0.25, -0.2) is 4.98 Å². The van der Waals surface area contributed by atoms with Gasteiger partial charge in [-0.2, -0.15) is 5.26 Å². The van der Waals surface area contributed by atoms with Crippen LogP contribution in [0.2, 0.25) is 0 Å². The van der Waals surface area contributed by atoms with Crippen LogP contribution in [0.3, 0.4) is 0 Å². The second-order valence-electron chi connectivity index (χ2n) is 6.01. The lowest BCUT2D eigenvalue weighted by molar-refractivity contribution is -0.112. The molecule has 7 heteroatoms. The molecule has 0 fully saturated rings. The summed E-state index contributed by atoms with van der Waals surface area (Å²) >= 11 is 1.52. The topological polar surface area (TPSA) is 88.1 Å². The van der Waals surface area contributed by atoms with Crippen molar-refractivity contribution in [2.75, 3.05) is 12.4 Å². The van der Waals surface area contributed by atoms with Crippen molar-refractivity contribution in [3.63, 3.8) is 0 Å². The summed E-state index contributed by atoms with van der Waals surface area (Å²) in [5, 5.41) is 12.8. The van der Waals surface area contributed by atoms with Gasteiger partial charge in [0, 0.05) is 6.08 Å². The van der Waals surface area contributed by atoms with Crippen LogP contribution in [0.4, 0.5) is 5.69 Å². The third-order valence-electron chi connectivity index (χ3n) is 4.14. The molecule has 1 N–H and O–H groups in total. The van der Waals surface area contributed by atoms with E-state index in [1.807, 2.05) is 30.3 Å². The largest absolute Gasteiger partial charge is 0.495 e. The fourth-order valence-corrected chi connectivity index (χ4v) is 3.68. The lowest BCUT2D eigenvalue weighted by Crippen LogP contribution is -2.14. The fourth-order valence-electron chi connectivity index (χ4n) is 2.75. The van der Waals surface area contributed by atoms with Crippen LogP contribution >= 0.6 is 11.3 Å². The van der Waals surface area contributed by atoms with Crippen LogP contribution < -0.4 is 10.1 Å². The predicted molar refractivity (Wildman–Crippen MR) is 113 cm³/mol. The van der Waals surface area contributed by atoms with Gasteiger partial charge in [-0.1, -0.05) is 24.3 Å². The number of benzene rings is 2. The molecular weight excluding hydrogens is 386 g/mol. The van der Waals surface area contributed by atoms with Crippen LogP contribution in [0.1, 0.15) is 5.76 Å². The predicted octanol–water partition coefficient (Wildman–Crippen LogP) is 5.11. The minimum atomic E-state index is -0.546. The van der Waals surface area contributed by atoms with Gasteiger partial charge >= 0.3 is 0 Å². The average Bonchev–Trinajstić information content (AvgIpc) is 3.39. The highest BCUT2D eigenvalue weighted by Gasteiger charge is 2.14. The maximum absolute atomic E-state index is 12.5. The van der Waals surface area contributed by atoms with E-state index in [0.717, 1.165) is 15.2 Å². The van der Waals surface area contributed by atoms with Crippen molar-refractivity contribution >= 4 is 39.2 Å². The molecule has 0 bridgehead atoms. The molecule has 0 atom stereocenters. The molecule has 4 aromatic rings. The maximum atomic E-state index is 12.5. The summed E-state index contributed by atoms with van der Waals surface area (Å²) in [4.78, 5) is 17.1. The molecule has 0 aliphatic heterocycles. The Morgan fingerprint density at radius 3 is 2.76 bits per heavy atom. The number of hydrogen-bond acceptors (Lipinski definition) is 6. The SMILES string of the molecule is COc1ccccc1NC(=O)C(C#N)=Cc1ccc(-c2nc3ccccc3s2)o1.